The second-order valence-electron chi connectivity index (χ2n) is 5.52. The van der Waals surface area contributed by atoms with Crippen LogP contribution in [0.15, 0.2) is 22.7 Å². The Morgan fingerprint density at radius 3 is 2.71 bits per heavy atom. The number of rotatable bonds is 2. The highest BCUT2D eigenvalue weighted by atomic mass is 79.9. The summed E-state index contributed by atoms with van der Waals surface area (Å²) in [5, 5.41) is 11.9. The van der Waals surface area contributed by atoms with E-state index < -0.39 is 5.97 Å². The van der Waals surface area contributed by atoms with Gasteiger partial charge >= 0.3 is 12.0 Å². The largest absolute Gasteiger partial charge is 0.481 e. The van der Waals surface area contributed by atoms with E-state index in [1.165, 1.54) is 0 Å². The molecule has 0 spiro atoms. The third kappa shape index (κ3) is 3.75. The molecule has 2 unspecified atom stereocenters. The molecular formula is C15H19BrN2O3. The number of carbonyl (C=O) groups is 2. The van der Waals surface area contributed by atoms with Crippen molar-refractivity contribution in [3.8, 4) is 0 Å². The molecule has 2 N–H and O–H groups in total. The highest BCUT2D eigenvalue weighted by molar-refractivity contribution is 9.10. The summed E-state index contributed by atoms with van der Waals surface area (Å²) >= 11 is 3.43. The number of hydrogen-bond donors (Lipinski definition) is 2. The van der Waals surface area contributed by atoms with Gasteiger partial charge in [-0.2, -0.15) is 0 Å². The van der Waals surface area contributed by atoms with Crippen LogP contribution < -0.4 is 5.32 Å². The minimum atomic E-state index is -0.775. The third-order valence-corrected chi connectivity index (χ3v) is 4.51. The first-order valence-electron chi connectivity index (χ1n) is 6.95. The van der Waals surface area contributed by atoms with E-state index >= 15 is 0 Å². The lowest BCUT2D eigenvalue weighted by atomic mass is 9.92. The van der Waals surface area contributed by atoms with Crippen LogP contribution in [0, 0.1) is 12.8 Å². The van der Waals surface area contributed by atoms with E-state index in [1.807, 2.05) is 32.0 Å². The zero-order valence-electron chi connectivity index (χ0n) is 12.1. The molecule has 0 aromatic heterocycles. The molecular weight excluding hydrogens is 336 g/mol. The van der Waals surface area contributed by atoms with Crippen LogP contribution in [0.4, 0.5) is 10.5 Å². The smallest absolute Gasteiger partial charge is 0.322 e. The van der Waals surface area contributed by atoms with Gasteiger partial charge in [0, 0.05) is 17.1 Å². The van der Waals surface area contributed by atoms with Crippen LogP contribution in [-0.4, -0.2) is 34.6 Å². The van der Waals surface area contributed by atoms with E-state index in [2.05, 4.69) is 21.2 Å². The number of hydrogen-bond acceptors (Lipinski definition) is 2. The molecule has 21 heavy (non-hydrogen) atoms. The Balaban J connectivity index is 2.02. The van der Waals surface area contributed by atoms with E-state index in [1.54, 1.807) is 4.90 Å². The number of amides is 2. The van der Waals surface area contributed by atoms with Crippen LogP contribution in [-0.2, 0) is 4.79 Å². The number of nitrogens with zero attached hydrogens (tertiary/aromatic N) is 1. The average molecular weight is 355 g/mol. The molecule has 114 valence electrons. The van der Waals surface area contributed by atoms with Crippen LogP contribution in [0.5, 0.6) is 0 Å². The van der Waals surface area contributed by atoms with Crippen molar-refractivity contribution in [3.05, 3.63) is 28.2 Å². The first kappa shape index (κ1) is 15.8. The van der Waals surface area contributed by atoms with Gasteiger partial charge in [-0.1, -0.05) is 6.07 Å². The van der Waals surface area contributed by atoms with E-state index in [0.29, 0.717) is 19.4 Å². The molecule has 1 aliphatic heterocycles. The highest BCUT2D eigenvalue weighted by Gasteiger charge is 2.32. The van der Waals surface area contributed by atoms with Gasteiger partial charge in [0.25, 0.3) is 0 Å². The number of aryl methyl sites for hydroxylation is 1. The molecule has 0 bridgehead atoms. The molecule has 0 aliphatic carbocycles. The number of halogens is 1. The number of nitrogens with one attached hydrogen (secondary N) is 1. The first-order chi connectivity index (χ1) is 9.88. The lowest BCUT2D eigenvalue weighted by Crippen LogP contribution is -2.47. The summed E-state index contributed by atoms with van der Waals surface area (Å²) in [6.07, 6.45) is 1.000. The van der Waals surface area contributed by atoms with Crippen LogP contribution in [0.25, 0.3) is 0 Å². The summed E-state index contributed by atoms with van der Waals surface area (Å²) in [5.74, 6) is -1.13. The normalized spacial score (nSPS) is 22.0. The highest BCUT2D eigenvalue weighted by Crippen LogP contribution is 2.26. The summed E-state index contributed by atoms with van der Waals surface area (Å²) < 4.78 is 0.837. The maximum atomic E-state index is 12.3. The van der Waals surface area contributed by atoms with Gasteiger partial charge in [0.05, 0.1) is 11.6 Å². The number of carboxylic acid groups (broad SMARTS) is 1. The SMILES string of the molecule is Cc1ccc(NC(=O)N2CCC(C(=O)O)CC2C)c(Br)c1. The standard InChI is InChI=1S/C15H19BrN2O3/c1-9-3-4-13(12(16)7-9)17-15(21)18-6-5-11(14(19)20)8-10(18)2/h3-4,7,10-11H,5-6,8H2,1-2H3,(H,17,21)(H,19,20). The number of likely N-dealkylation sites (tertiary alicyclic amines) is 1. The fourth-order valence-corrected chi connectivity index (χ4v) is 3.20. The van der Waals surface area contributed by atoms with Crippen molar-refractivity contribution in [2.24, 2.45) is 5.92 Å². The Morgan fingerprint density at radius 2 is 2.14 bits per heavy atom. The van der Waals surface area contributed by atoms with Gasteiger partial charge in [0.1, 0.15) is 0 Å². The number of carbonyl (C=O) groups excluding carboxylic acids is 1. The number of aliphatic carboxylic acids is 1. The Bertz CT molecular complexity index is 562. The van der Waals surface area contributed by atoms with E-state index in [0.717, 1.165) is 15.7 Å². The molecule has 1 aliphatic rings. The Kier molecular flexibility index (Phi) is 4.88. The van der Waals surface area contributed by atoms with Crippen molar-refractivity contribution < 1.29 is 14.7 Å². The zero-order valence-corrected chi connectivity index (χ0v) is 13.7. The molecule has 2 amide bonds. The molecule has 0 radical (unpaired) electrons. The van der Waals surface area contributed by atoms with Crippen molar-refractivity contribution in [1.29, 1.82) is 0 Å². The molecule has 2 atom stereocenters. The quantitative estimate of drug-likeness (QED) is 0.853. The minimum Gasteiger partial charge on any atom is -0.481 e. The number of urea groups is 1. The monoisotopic (exact) mass is 354 g/mol. The second kappa shape index (κ2) is 6.47. The van der Waals surface area contributed by atoms with Gasteiger partial charge in [-0.25, -0.2) is 4.79 Å². The summed E-state index contributed by atoms with van der Waals surface area (Å²) in [5.41, 5.74) is 1.83. The van der Waals surface area contributed by atoms with E-state index in [-0.39, 0.29) is 18.0 Å². The molecule has 1 heterocycles. The molecule has 6 heteroatoms. The van der Waals surface area contributed by atoms with Gasteiger partial charge < -0.3 is 15.3 Å². The zero-order chi connectivity index (χ0) is 15.6. The molecule has 0 saturated carbocycles. The number of benzene rings is 1. The summed E-state index contributed by atoms with van der Waals surface area (Å²) in [6.45, 7) is 4.33. The molecule has 5 nitrogen and oxygen atoms in total. The maximum absolute atomic E-state index is 12.3. The summed E-state index contributed by atoms with van der Waals surface area (Å²) in [6, 6.07) is 5.46. The minimum absolute atomic E-state index is 0.0796. The fourth-order valence-electron chi connectivity index (χ4n) is 2.61. The second-order valence-corrected chi connectivity index (χ2v) is 6.37. The third-order valence-electron chi connectivity index (χ3n) is 3.85. The van der Waals surface area contributed by atoms with Crippen LogP contribution >= 0.6 is 15.9 Å². The van der Waals surface area contributed by atoms with Crippen LogP contribution in [0.1, 0.15) is 25.3 Å². The molecule has 2 rings (SSSR count). The van der Waals surface area contributed by atoms with Crippen LogP contribution in [0.3, 0.4) is 0 Å². The van der Waals surface area contributed by atoms with Gasteiger partial charge in [0.15, 0.2) is 0 Å². The van der Waals surface area contributed by atoms with Crippen molar-refractivity contribution in [2.75, 3.05) is 11.9 Å². The maximum Gasteiger partial charge on any atom is 0.322 e. The lowest BCUT2D eigenvalue weighted by molar-refractivity contribution is -0.143. The number of anilines is 1. The lowest BCUT2D eigenvalue weighted by Gasteiger charge is -2.36. The Labute approximate surface area is 132 Å². The van der Waals surface area contributed by atoms with Gasteiger partial charge in [-0.3, -0.25) is 4.79 Å². The number of carboxylic acids is 1. The van der Waals surface area contributed by atoms with Crippen LogP contribution in [0.2, 0.25) is 0 Å². The summed E-state index contributed by atoms with van der Waals surface area (Å²) in [7, 11) is 0. The topological polar surface area (TPSA) is 69.6 Å². The van der Waals surface area contributed by atoms with Crippen molar-refractivity contribution in [2.45, 2.75) is 32.7 Å². The molecule has 1 aromatic carbocycles. The van der Waals surface area contributed by atoms with E-state index in [9.17, 15) is 9.59 Å². The predicted octanol–water partition coefficient (Wildman–Crippen LogP) is 3.47. The average Bonchev–Trinajstić information content (AvgIpc) is 2.41. The van der Waals surface area contributed by atoms with E-state index in [4.69, 9.17) is 5.11 Å². The number of piperidine rings is 1. The van der Waals surface area contributed by atoms with Gasteiger partial charge in [-0.05, 0) is 60.3 Å². The first-order valence-corrected chi connectivity index (χ1v) is 7.74. The van der Waals surface area contributed by atoms with Gasteiger partial charge in [0.2, 0.25) is 0 Å². The summed E-state index contributed by atoms with van der Waals surface area (Å²) in [4.78, 5) is 25.1. The predicted molar refractivity (Wildman–Crippen MR) is 84.4 cm³/mol. The van der Waals surface area contributed by atoms with Crippen molar-refractivity contribution >= 4 is 33.6 Å². The molecule has 1 saturated heterocycles. The Hall–Kier alpha value is -1.56. The van der Waals surface area contributed by atoms with Gasteiger partial charge in [-0.15, -0.1) is 0 Å². The molecule has 1 aromatic rings. The Morgan fingerprint density at radius 1 is 1.43 bits per heavy atom. The fraction of sp³-hybridized carbons (Fsp3) is 0.467. The molecule has 1 fully saturated rings. The van der Waals surface area contributed by atoms with Crippen molar-refractivity contribution in [3.63, 3.8) is 0 Å². The van der Waals surface area contributed by atoms with Crippen molar-refractivity contribution in [1.82, 2.24) is 4.90 Å².